The predicted molar refractivity (Wildman–Crippen MR) is 98.1 cm³/mol. The van der Waals surface area contributed by atoms with Gasteiger partial charge in [-0.05, 0) is 42.3 Å². The van der Waals surface area contributed by atoms with E-state index >= 15 is 0 Å². The van der Waals surface area contributed by atoms with E-state index in [9.17, 15) is 4.39 Å². The minimum absolute atomic E-state index is 0.301. The van der Waals surface area contributed by atoms with Gasteiger partial charge >= 0.3 is 0 Å². The van der Waals surface area contributed by atoms with Crippen molar-refractivity contribution in [2.75, 3.05) is 13.7 Å². The molecule has 26 heavy (non-hydrogen) atoms. The second-order valence-electron chi connectivity index (χ2n) is 5.60. The topological polar surface area (TPSA) is 40.6 Å². The van der Waals surface area contributed by atoms with Gasteiger partial charge in [0, 0.05) is 17.8 Å². The van der Waals surface area contributed by atoms with Gasteiger partial charge in [-0.3, -0.25) is 0 Å². The number of benzene rings is 2. The average molecular weight is 353 g/mol. The molecule has 0 unspecified atom stereocenters. The lowest BCUT2D eigenvalue weighted by atomic mass is 10.1. The van der Waals surface area contributed by atoms with Crippen molar-refractivity contribution in [2.45, 2.75) is 13.5 Å². The van der Waals surface area contributed by atoms with Crippen LogP contribution in [0.5, 0.6) is 17.4 Å². The monoisotopic (exact) mass is 353 g/mol. The van der Waals surface area contributed by atoms with Gasteiger partial charge in [-0.2, -0.15) is 0 Å². The lowest BCUT2D eigenvalue weighted by Gasteiger charge is -2.13. The zero-order chi connectivity index (χ0) is 18.4. The van der Waals surface area contributed by atoms with E-state index in [0.29, 0.717) is 30.4 Å². The first-order valence-electron chi connectivity index (χ1n) is 8.34. The van der Waals surface area contributed by atoms with Crippen molar-refractivity contribution in [1.82, 2.24) is 4.98 Å². The summed E-state index contributed by atoms with van der Waals surface area (Å²) in [5.74, 6) is 1.55. The second-order valence-corrected chi connectivity index (χ2v) is 5.60. The van der Waals surface area contributed by atoms with Crippen LogP contribution in [0.15, 0.2) is 60.8 Å². The summed E-state index contributed by atoms with van der Waals surface area (Å²) in [7, 11) is 1.63. The maximum atomic E-state index is 13.5. The number of ether oxygens (including phenoxy) is 3. The SMILES string of the molecule is CCOc1cc(OCc2ccc(OC)cc2)ncc1-c1cccc(F)c1. The summed E-state index contributed by atoms with van der Waals surface area (Å²) in [6.07, 6.45) is 1.64. The molecule has 5 heteroatoms. The van der Waals surface area contributed by atoms with Crippen molar-refractivity contribution in [3.8, 4) is 28.5 Å². The molecule has 0 aliphatic carbocycles. The van der Waals surface area contributed by atoms with Crippen LogP contribution in [0.1, 0.15) is 12.5 Å². The largest absolute Gasteiger partial charge is 0.497 e. The number of nitrogens with zero attached hydrogens (tertiary/aromatic N) is 1. The number of rotatable bonds is 7. The molecule has 3 aromatic rings. The first kappa shape index (κ1) is 17.7. The summed E-state index contributed by atoms with van der Waals surface area (Å²) in [6.45, 7) is 2.76. The van der Waals surface area contributed by atoms with E-state index in [1.54, 1.807) is 25.4 Å². The molecule has 4 nitrogen and oxygen atoms in total. The van der Waals surface area contributed by atoms with Crippen LogP contribution < -0.4 is 14.2 Å². The molecule has 0 bridgehead atoms. The molecule has 0 saturated carbocycles. The fraction of sp³-hybridized carbons (Fsp3) is 0.190. The van der Waals surface area contributed by atoms with Gasteiger partial charge in [-0.25, -0.2) is 9.37 Å². The summed E-state index contributed by atoms with van der Waals surface area (Å²) in [5, 5.41) is 0. The third-order valence-corrected chi connectivity index (χ3v) is 3.82. The Morgan fingerprint density at radius 3 is 2.50 bits per heavy atom. The molecular formula is C21H20FNO3. The van der Waals surface area contributed by atoms with Crippen LogP contribution in [0.4, 0.5) is 4.39 Å². The van der Waals surface area contributed by atoms with Crippen molar-refractivity contribution in [2.24, 2.45) is 0 Å². The Bertz CT molecular complexity index is 865. The molecule has 134 valence electrons. The third-order valence-electron chi connectivity index (χ3n) is 3.82. The highest BCUT2D eigenvalue weighted by atomic mass is 19.1. The fourth-order valence-electron chi connectivity index (χ4n) is 2.52. The molecule has 1 heterocycles. The van der Waals surface area contributed by atoms with Gasteiger partial charge in [-0.1, -0.05) is 24.3 Å². The average Bonchev–Trinajstić information content (AvgIpc) is 2.67. The van der Waals surface area contributed by atoms with Gasteiger partial charge in [0.15, 0.2) is 0 Å². The Balaban J connectivity index is 1.79. The zero-order valence-electron chi connectivity index (χ0n) is 14.7. The first-order valence-corrected chi connectivity index (χ1v) is 8.34. The highest BCUT2D eigenvalue weighted by molar-refractivity contribution is 5.70. The van der Waals surface area contributed by atoms with E-state index < -0.39 is 0 Å². The maximum absolute atomic E-state index is 13.5. The summed E-state index contributed by atoms with van der Waals surface area (Å²) in [6, 6.07) is 15.7. The van der Waals surface area contributed by atoms with Gasteiger partial charge in [0.05, 0.1) is 13.7 Å². The maximum Gasteiger partial charge on any atom is 0.217 e. The smallest absolute Gasteiger partial charge is 0.217 e. The van der Waals surface area contributed by atoms with Gasteiger partial charge in [-0.15, -0.1) is 0 Å². The molecule has 0 amide bonds. The summed E-state index contributed by atoms with van der Waals surface area (Å²) >= 11 is 0. The van der Waals surface area contributed by atoms with Crippen molar-refractivity contribution < 1.29 is 18.6 Å². The number of halogens is 1. The molecule has 3 rings (SSSR count). The van der Waals surface area contributed by atoms with Gasteiger partial charge in [0.1, 0.15) is 23.9 Å². The van der Waals surface area contributed by atoms with Crippen molar-refractivity contribution in [3.05, 3.63) is 72.2 Å². The van der Waals surface area contributed by atoms with Crippen LogP contribution in [0.3, 0.4) is 0 Å². The molecule has 0 radical (unpaired) electrons. The van der Waals surface area contributed by atoms with E-state index in [1.807, 2.05) is 37.3 Å². The fourth-order valence-corrected chi connectivity index (χ4v) is 2.52. The molecule has 0 aliphatic rings. The number of pyridine rings is 1. The molecule has 0 saturated heterocycles. The van der Waals surface area contributed by atoms with Crippen molar-refractivity contribution >= 4 is 0 Å². The second kappa shape index (κ2) is 8.34. The predicted octanol–water partition coefficient (Wildman–Crippen LogP) is 4.87. The number of aromatic nitrogens is 1. The Kier molecular flexibility index (Phi) is 5.69. The van der Waals surface area contributed by atoms with Gasteiger partial charge in [0.2, 0.25) is 5.88 Å². The van der Waals surface area contributed by atoms with E-state index in [1.165, 1.54) is 12.1 Å². The zero-order valence-corrected chi connectivity index (χ0v) is 14.7. The molecule has 0 atom stereocenters. The summed E-state index contributed by atoms with van der Waals surface area (Å²) in [4.78, 5) is 4.33. The van der Waals surface area contributed by atoms with Crippen LogP contribution in [0.2, 0.25) is 0 Å². The van der Waals surface area contributed by atoms with Crippen LogP contribution >= 0.6 is 0 Å². The lowest BCUT2D eigenvalue weighted by molar-refractivity contribution is 0.288. The highest BCUT2D eigenvalue weighted by Crippen LogP contribution is 2.32. The lowest BCUT2D eigenvalue weighted by Crippen LogP contribution is -2.00. The number of hydrogen-bond donors (Lipinski definition) is 0. The molecule has 0 aliphatic heterocycles. The summed E-state index contributed by atoms with van der Waals surface area (Å²) in [5.41, 5.74) is 2.44. The standard InChI is InChI=1S/C21H20FNO3/c1-3-25-20-12-21(26-14-15-7-9-18(24-2)10-8-15)23-13-19(20)16-5-4-6-17(22)11-16/h4-13H,3,14H2,1-2H3. The molecule has 2 aromatic carbocycles. The molecule has 0 spiro atoms. The minimum Gasteiger partial charge on any atom is -0.497 e. The van der Waals surface area contributed by atoms with E-state index in [4.69, 9.17) is 14.2 Å². The Morgan fingerprint density at radius 1 is 1.00 bits per heavy atom. The van der Waals surface area contributed by atoms with Crippen LogP contribution in [-0.4, -0.2) is 18.7 Å². The Morgan fingerprint density at radius 2 is 1.81 bits per heavy atom. The van der Waals surface area contributed by atoms with Gasteiger partial charge < -0.3 is 14.2 Å². The Hall–Kier alpha value is -3.08. The number of hydrogen-bond acceptors (Lipinski definition) is 4. The first-order chi connectivity index (χ1) is 12.7. The highest BCUT2D eigenvalue weighted by Gasteiger charge is 2.10. The molecule has 0 N–H and O–H groups in total. The van der Waals surface area contributed by atoms with Crippen molar-refractivity contribution in [3.63, 3.8) is 0 Å². The van der Waals surface area contributed by atoms with E-state index in [2.05, 4.69) is 4.98 Å². The van der Waals surface area contributed by atoms with E-state index in [0.717, 1.165) is 16.9 Å². The quantitative estimate of drug-likeness (QED) is 0.607. The Labute approximate surface area is 152 Å². The van der Waals surface area contributed by atoms with Gasteiger partial charge in [0.25, 0.3) is 0 Å². The van der Waals surface area contributed by atoms with Crippen molar-refractivity contribution in [1.29, 1.82) is 0 Å². The molecule has 0 fully saturated rings. The summed E-state index contributed by atoms with van der Waals surface area (Å²) < 4.78 is 30.1. The normalized spacial score (nSPS) is 10.4. The van der Waals surface area contributed by atoms with Crippen LogP contribution in [0, 0.1) is 5.82 Å². The number of methoxy groups -OCH3 is 1. The molecular weight excluding hydrogens is 333 g/mol. The third kappa shape index (κ3) is 4.30. The van der Waals surface area contributed by atoms with E-state index in [-0.39, 0.29) is 5.82 Å². The van der Waals surface area contributed by atoms with Crippen LogP contribution in [-0.2, 0) is 6.61 Å². The minimum atomic E-state index is -0.301. The van der Waals surface area contributed by atoms with Crippen LogP contribution in [0.25, 0.3) is 11.1 Å². The molecule has 1 aromatic heterocycles.